The van der Waals surface area contributed by atoms with Gasteiger partial charge in [0.2, 0.25) is 15.9 Å². The van der Waals surface area contributed by atoms with Gasteiger partial charge in [-0.25, -0.2) is 8.42 Å². The minimum Gasteiger partial charge on any atom is -0.496 e. The van der Waals surface area contributed by atoms with Gasteiger partial charge in [-0.05, 0) is 61.6 Å². The largest absolute Gasteiger partial charge is 0.496 e. The number of amides is 1. The highest BCUT2D eigenvalue weighted by Crippen LogP contribution is 2.26. The van der Waals surface area contributed by atoms with E-state index in [9.17, 15) is 13.2 Å². The third-order valence-electron chi connectivity index (χ3n) is 5.10. The van der Waals surface area contributed by atoms with E-state index in [1.54, 1.807) is 19.2 Å². The Labute approximate surface area is 173 Å². The number of benzene rings is 2. The zero-order chi connectivity index (χ0) is 21.8. The van der Waals surface area contributed by atoms with Crippen LogP contribution in [0.25, 0.3) is 0 Å². The van der Waals surface area contributed by atoms with Crippen molar-refractivity contribution >= 4 is 21.6 Å². The number of carbonyl (C=O) groups is 1. The molecule has 0 aromatic heterocycles. The summed E-state index contributed by atoms with van der Waals surface area (Å²) in [5, 5.41) is 2.97. The van der Waals surface area contributed by atoms with Crippen LogP contribution in [0, 0.1) is 20.8 Å². The molecule has 2 rings (SSSR count). The van der Waals surface area contributed by atoms with Crippen LogP contribution in [-0.2, 0) is 14.8 Å². The summed E-state index contributed by atoms with van der Waals surface area (Å²) < 4.78 is 31.3. The van der Waals surface area contributed by atoms with Crippen molar-refractivity contribution in [2.24, 2.45) is 0 Å². The molecule has 0 radical (unpaired) electrons. The highest BCUT2D eigenvalue weighted by Gasteiger charge is 2.24. The smallest absolute Gasteiger partial charge is 0.241 e. The number of aryl methyl sites for hydroxylation is 2. The van der Waals surface area contributed by atoms with Crippen LogP contribution < -0.4 is 14.4 Å². The molecule has 0 fully saturated rings. The minimum absolute atomic E-state index is 0.216. The number of hydrogen-bond acceptors (Lipinski definition) is 4. The van der Waals surface area contributed by atoms with E-state index in [0.29, 0.717) is 12.1 Å². The van der Waals surface area contributed by atoms with Gasteiger partial charge < -0.3 is 10.1 Å². The van der Waals surface area contributed by atoms with Gasteiger partial charge in [-0.2, -0.15) is 0 Å². The second-order valence-electron chi connectivity index (χ2n) is 7.25. The summed E-state index contributed by atoms with van der Waals surface area (Å²) >= 11 is 0. The van der Waals surface area contributed by atoms with Gasteiger partial charge in [0.05, 0.1) is 25.1 Å². The molecule has 2 aromatic carbocycles. The molecule has 0 heterocycles. The zero-order valence-corrected chi connectivity index (χ0v) is 18.8. The van der Waals surface area contributed by atoms with Crippen molar-refractivity contribution < 1.29 is 17.9 Å². The van der Waals surface area contributed by atoms with Crippen molar-refractivity contribution in [2.45, 2.75) is 40.2 Å². The van der Waals surface area contributed by atoms with E-state index in [4.69, 9.17) is 4.74 Å². The van der Waals surface area contributed by atoms with Crippen LogP contribution >= 0.6 is 0 Å². The SMILES string of the molecule is CC[C@H](NC(=O)CN(c1cccc(C)c1C)S(C)(=O)=O)c1ccc(OC)c(C)c1. The van der Waals surface area contributed by atoms with Crippen molar-refractivity contribution in [1.29, 1.82) is 0 Å². The third-order valence-corrected chi connectivity index (χ3v) is 6.22. The molecule has 0 unspecified atom stereocenters. The monoisotopic (exact) mass is 418 g/mol. The quantitative estimate of drug-likeness (QED) is 0.710. The third kappa shape index (κ3) is 5.50. The molecule has 6 nitrogen and oxygen atoms in total. The van der Waals surface area contributed by atoms with Crippen LogP contribution in [0.15, 0.2) is 36.4 Å². The number of nitrogens with zero attached hydrogens (tertiary/aromatic N) is 1. The molecular formula is C22H30N2O4S. The summed E-state index contributed by atoms with van der Waals surface area (Å²) in [6.07, 6.45) is 1.80. The van der Waals surface area contributed by atoms with Crippen molar-refractivity contribution in [3.63, 3.8) is 0 Å². The topological polar surface area (TPSA) is 75.7 Å². The molecular weight excluding hydrogens is 388 g/mol. The number of sulfonamides is 1. The van der Waals surface area contributed by atoms with Crippen LogP contribution in [0.3, 0.4) is 0 Å². The van der Waals surface area contributed by atoms with Crippen LogP contribution in [-0.4, -0.2) is 34.2 Å². The summed E-state index contributed by atoms with van der Waals surface area (Å²) in [7, 11) is -2.00. The van der Waals surface area contributed by atoms with E-state index in [0.717, 1.165) is 38.6 Å². The molecule has 7 heteroatoms. The number of rotatable bonds is 8. The van der Waals surface area contributed by atoms with Gasteiger partial charge in [-0.1, -0.05) is 31.2 Å². The zero-order valence-electron chi connectivity index (χ0n) is 17.9. The van der Waals surface area contributed by atoms with Crippen molar-refractivity contribution in [3.8, 4) is 5.75 Å². The Morgan fingerprint density at radius 3 is 2.38 bits per heavy atom. The Hall–Kier alpha value is -2.54. The van der Waals surface area contributed by atoms with Gasteiger partial charge in [-0.15, -0.1) is 0 Å². The van der Waals surface area contributed by atoms with E-state index in [2.05, 4.69) is 5.32 Å². The average molecular weight is 419 g/mol. The van der Waals surface area contributed by atoms with Gasteiger partial charge in [-0.3, -0.25) is 9.10 Å². The van der Waals surface area contributed by atoms with Crippen molar-refractivity contribution in [2.75, 3.05) is 24.2 Å². The van der Waals surface area contributed by atoms with Crippen molar-refractivity contribution in [1.82, 2.24) is 5.32 Å². The average Bonchev–Trinajstić information content (AvgIpc) is 2.65. The maximum atomic E-state index is 12.8. The molecule has 158 valence electrons. The predicted molar refractivity (Wildman–Crippen MR) is 117 cm³/mol. The summed E-state index contributed by atoms with van der Waals surface area (Å²) in [6.45, 7) is 7.43. The number of carbonyl (C=O) groups excluding carboxylic acids is 1. The molecule has 0 aliphatic carbocycles. The predicted octanol–water partition coefficient (Wildman–Crippen LogP) is 3.65. The van der Waals surface area contributed by atoms with Crippen LogP contribution in [0.5, 0.6) is 5.75 Å². The summed E-state index contributed by atoms with van der Waals surface area (Å²) in [5.41, 5.74) is 4.26. The lowest BCUT2D eigenvalue weighted by Crippen LogP contribution is -2.41. The standard InChI is InChI=1S/C22H30N2O4S/c1-7-19(18-11-12-21(28-5)16(3)13-18)23-22(25)14-24(29(6,26)27)20-10-8-9-15(2)17(20)4/h8-13,19H,7,14H2,1-6H3,(H,23,25)/t19-/m0/s1. The lowest BCUT2D eigenvalue weighted by Gasteiger charge is -2.26. The molecule has 29 heavy (non-hydrogen) atoms. The molecule has 0 bridgehead atoms. The fourth-order valence-electron chi connectivity index (χ4n) is 3.30. The number of hydrogen-bond donors (Lipinski definition) is 1. The van der Waals surface area contributed by atoms with Crippen LogP contribution in [0.1, 0.15) is 41.6 Å². The van der Waals surface area contributed by atoms with E-state index in [1.807, 2.05) is 52.0 Å². The Kier molecular flexibility index (Phi) is 7.30. The molecule has 0 saturated carbocycles. The van der Waals surface area contributed by atoms with E-state index < -0.39 is 10.0 Å². The lowest BCUT2D eigenvalue weighted by molar-refractivity contribution is -0.120. The molecule has 1 atom stereocenters. The maximum absolute atomic E-state index is 12.8. The first kappa shape index (κ1) is 22.7. The summed E-state index contributed by atoms with van der Waals surface area (Å²) in [6, 6.07) is 11.0. The molecule has 1 amide bonds. The summed E-state index contributed by atoms with van der Waals surface area (Å²) in [4.78, 5) is 12.8. The number of ether oxygens (including phenoxy) is 1. The highest BCUT2D eigenvalue weighted by atomic mass is 32.2. The lowest BCUT2D eigenvalue weighted by atomic mass is 10.0. The fraction of sp³-hybridized carbons (Fsp3) is 0.409. The van der Waals surface area contributed by atoms with E-state index in [-0.39, 0.29) is 18.5 Å². The normalized spacial score (nSPS) is 12.3. The summed E-state index contributed by atoms with van der Waals surface area (Å²) in [5.74, 6) is 0.435. The van der Waals surface area contributed by atoms with E-state index >= 15 is 0 Å². The second-order valence-corrected chi connectivity index (χ2v) is 9.15. The van der Waals surface area contributed by atoms with Gasteiger partial charge in [0, 0.05) is 0 Å². The first-order valence-electron chi connectivity index (χ1n) is 9.56. The molecule has 0 aliphatic rings. The van der Waals surface area contributed by atoms with Gasteiger partial charge >= 0.3 is 0 Å². The van der Waals surface area contributed by atoms with Gasteiger partial charge in [0.25, 0.3) is 0 Å². The second kappa shape index (κ2) is 9.31. The Balaban J connectivity index is 2.25. The first-order valence-corrected chi connectivity index (χ1v) is 11.4. The Morgan fingerprint density at radius 2 is 1.83 bits per heavy atom. The number of methoxy groups -OCH3 is 1. The van der Waals surface area contributed by atoms with Crippen LogP contribution in [0.4, 0.5) is 5.69 Å². The van der Waals surface area contributed by atoms with Crippen LogP contribution in [0.2, 0.25) is 0 Å². The molecule has 0 aliphatic heterocycles. The maximum Gasteiger partial charge on any atom is 0.241 e. The van der Waals surface area contributed by atoms with E-state index in [1.165, 1.54) is 0 Å². The molecule has 2 aromatic rings. The highest BCUT2D eigenvalue weighted by molar-refractivity contribution is 7.92. The fourth-order valence-corrected chi connectivity index (χ4v) is 4.20. The first-order chi connectivity index (χ1) is 13.6. The van der Waals surface area contributed by atoms with Gasteiger partial charge in [0.1, 0.15) is 12.3 Å². The Morgan fingerprint density at radius 1 is 1.14 bits per heavy atom. The number of anilines is 1. The van der Waals surface area contributed by atoms with Gasteiger partial charge in [0.15, 0.2) is 0 Å². The molecule has 0 spiro atoms. The molecule has 0 saturated heterocycles. The Bertz CT molecular complexity index is 986. The van der Waals surface area contributed by atoms with Crippen molar-refractivity contribution in [3.05, 3.63) is 58.7 Å². The minimum atomic E-state index is -3.62. The number of nitrogens with one attached hydrogen (secondary N) is 1. The molecule has 1 N–H and O–H groups in total.